The molecule has 0 bridgehead atoms. The van der Waals surface area contributed by atoms with Crippen LogP contribution in [0.2, 0.25) is 0 Å². The van der Waals surface area contributed by atoms with Gasteiger partial charge in [0.25, 0.3) is 0 Å². The summed E-state index contributed by atoms with van der Waals surface area (Å²) in [6.45, 7) is 8.11. The molecule has 1 amide bonds. The number of ether oxygens (including phenoxy) is 2. The topological polar surface area (TPSA) is 59.6 Å². The predicted octanol–water partition coefficient (Wildman–Crippen LogP) is 3.87. The van der Waals surface area contributed by atoms with Gasteiger partial charge in [0.2, 0.25) is 0 Å². The van der Waals surface area contributed by atoms with Crippen LogP contribution >= 0.6 is 0 Å². The second kappa shape index (κ2) is 7.49. The maximum atomic E-state index is 11.9. The normalized spacial score (nSPS) is 16.1. The lowest BCUT2D eigenvalue weighted by atomic mass is 10.0. The van der Waals surface area contributed by atoms with Gasteiger partial charge < -0.3 is 14.8 Å². The Balaban J connectivity index is 1.92. The van der Waals surface area contributed by atoms with Crippen molar-refractivity contribution in [2.24, 2.45) is 5.92 Å². The standard InChI is InChI=1S/C17H26N2O3/c1-17(2,3)22-16(20)19-15-7-5-4-6-14(15)18-12-13-8-10-21-11-9-13/h4-7,13,18H,8-12H2,1-3H3,(H,19,20). The monoisotopic (exact) mass is 306 g/mol. The van der Waals surface area contributed by atoms with Crippen LogP contribution in [0.15, 0.2) is 24.3 Å². The molecule has 2 rings (SSSR count). The molecule has 122 valence electrons. The van der Waals surface area contributed by atoms with Crippen molar-refractivity contribution in [3.63, 3.8) is 0 Å². The van der Waals surface area contributed by atoms with E-state index >= 15 is 0 Å². The molecule has 5 heteroatoms. The number of hydrogen-bond donors (Lipinski definition) is 2. The Hall–Kier alpha value is -1.75. The van der Waals surface area contributed by atoms with Gasteiger partial charge in [0, 0.05) is 19.8 Å². The van der Waals surface area contributed by atoms with Crippen LogP contribution in [0.3, 0.4) is 0 Å². The van der Waals surface area contributed by atoms with E-state index in [-0.39, 0.29) is 0 Å². The summed E-state index contributed by atoms with van der Waals surface area (Å²) in [5, 5.41) is 6.23. The summed E-state index contributed by atoms with van der Waals surface area (Å²) in [7, 11) is 0. The summed E-state index contributed by atoms with van der Waals surface area (Å²) < 4.78 is 10.7. The Kier molecular flexibility index (Phi) is 5.66. The molecular weight excluding hydrogens is 280 g/mol. The molecule has 0 saturated carbocycles. The van der Waals surface area contributed by atoms with E-state index in [1.807, 2.05) is 45.0 Å². The Bertz CT molecular complexity index is 491. The summed E-state index contributed by atoms with van der Waals surface area (Å²) in [5.74, 6) is 0.614. The molecule has 0 spiro atoms. The molecule has 0 aromatic heterocycles. The van der Waals surface area contributed by atoms with Gasteiger partial charge in [-0.25, -0.2) is 4.79 Å². The van der Waals surface area contributed by atoms with E-state index in [1.54, 1.807) is 0 Å². The third kappa shape index (κ3) is 5.56. The van der Waals surface area contributed by atoms with E-state index in [4.69, 9.17) is 9.47 Å². The maximum absolute atomic E-state index is 11.9. The fraction of sp³-hybridized carbons (Fsp3) is 0.588. The van der Waals surface area contributed by atoms with Crippen molar-refractivity contribution in [3.05, 3.63) is 24.3 Å². The van der Waals surface area contributed by atoms with Crippen LogP contribution in [0.1, 0.15) is 33.6 Å². The maximum Gasteiger partial charge on any atom is 0.412 e. The van der Waals surface area contributed by atoms with Crippen LogP contribution in [0.25, 0.3) is 0 Å². The minimum atomic E-state index is -0.505. The molecule has 1 aliphatic heterocycles. The van der Waals surface area contributed by atoms with Crippen LogP contribution in [0.5, 0.6) is 0 Å². The van der Waals surface area contributed by atoms with Gasteiger partial charge in [0.1, 0.15) is 5.60 Å². The van der Waals surface area contributed by atoms with Gasteiger partial charge in [-0.1, -0.05) is 12.1 Å². The molecule has 1 heterocycles. The molecule has 22 heavy (non-hydrogen) atoms. The van der Waals surface area contributed by atoms with Gasteiger partial charge in [-0.05, 0) is 51.7 Å². The summed E-state index contributed by atoms with van der Waals surface area (Å²) >= 11 is 0. The zero-order valence-electron chi connectivity index (χ0n) is 13.6. The first-order valence-corrected chi connectivity index (χ1v) is 7.85. The Labute approximate surface area is 132 Å². The zero-order chi connectivity index (χ0) is 16.0. The molecule has 1 aromatic rings. The average molecular weight is 306 g/mol. The third-order valence-corrected chi connectivity index (χ3v) is 3.48. The first kappa shape index (κ1) is 16.6. The molecule has 1 fully saturated rings. The smallest absolute Gasteiger partial charge is 0.412 e. The average Bonchev–Trinajstić information content (AvgIpc) is 2.45. The molecule has 0 radical (unpaired) electrons. The molecule has 0 unspecified atom stereocenters. The van der Waals surface area contributed by atoms with Gasteiger partial charge in [-0.3, -0.25) is 5.32 Å². The summed E-state index contributed by atoms with van der Waals surface area (Å²) in [6, 6.07) is 7.68. The second-order valence-electron chi connectivity index (χ2n) is 6.61. The molecule has 0 aliphatic carbocycles. The molecule has 1 aliphatic rings. The molecular formula is C17H26N2O3. The fourth-order valence-electron chi connectivity index (χ4n) is 2.36. The SMILES string of the molecule is CC(C)(C)OC(=O)Nc1ccccc1NCC1CCOCC1. The number of carbonyl (C=O) groups excluding carboxylic acids is 1. The number of carbonyl (C=O) groups is 1. The van der Waals surface area contributed by atoms with Crippen LogP contribution < -0.4 is 10.6 Å². The van der Waals surface area contributed by atoms with E-state index in [9.17, 15) is 4.79 Å². The minimum Gasteiger partial charge on any atom is -0.444 e. The highest BCUT2D eigenvalue weighted by Gasteiger charge is 2.18. The number of para-hydroxylation sites is 2. The van der Waals surface area contributed by atoms with Crippen molar-refractivity contribution in [1.82, 2.24) is 0 Å². The number of amides is 1. The summed E-state index contributed by atoms with van der Waals surface area (Å²) in [5.41, 5.74) is 1.15. The van der Waals surface area contributed by atoms with Crippen molar-refractivity contribution in [3.8, 4) is 0 Å². The highest BCUT2D eigenvalue weighted by molar-refractivity contribution is 5.89. The van der Waals surface area contributed by atoms with Crippen LogP contribution in [-0.4, -0.2) is 31.5 Å². The number of rotatable bonds is 4. The van der Waals surface area contributed by atoms with Crippen molar-refractivity contribution in [2.75, 3.05) is 30.4 Å². The third-order valence-electron chi connectivity index (χ3n) is 3.48. The van der Waals surface area contributed by atoms with Crippen molar-refractivity contribution in [1.29, 1.82) is 0 Å². The van der Waals surface area contributed by atoms with Crippen LogP contribution in [-0.2, 0) is 9.47 Å². The quantitative estimate of drug-likeness (QED) is 0.886. The second-order valence-corrected chi connectivity index (χ2v) is 6.61. The van der Waals surface area contributed by atoms with E-state index in [2.05, 4.69) is 10.6 Å². The molecule has 0 atom stereocenters. The van der Waals surface area contributed by atoms with E-state index in [1.165, 1.54) is 0 Å². The number of anilines is 2. The predicted molar refractivity (Wildman–Crippen MR) is 88.3 cm³/mol. The Morgan fingerprint density at radius 2 is 1.86 bits per heavy atom. The lowest BCUT2D eigenvalue weighted by molar-refractivity contribution is 0.0636. The van der Waals surface area contributed by atoms with Gasteiger partial charge >= 0.3 is 6.09 Å². The van der Waals surface area contributed by atoms with Crippen molar-refractivity contribution >= 4 is 17.5 Å². The number of nitrogens with one attached hydrogen (secondary N) is 2. The lowest BCUT2D eigenvalue weighted by Crippen LogP contribution is -2.27. The molecule has 5 nitrogen and oxygen atoms in total. The van der Waals surface area contributed by atoms with Gasteiger partial charge in [-0.15, -0.1) is 0 Å². The molecule has 1 aromatic carbocycles. The van der Waals surface area contributed by atoms with Gasteiger partial charge in [-0.2, -0.15) is 0 Å². The highest BCUT2D eigenvalue weighted by Crippen LogP contribution is 2.23. The lowest BCUT2D eigenvalue weighted by Gasteiger charge is -2.24. The van der Waals surface area contributed by atoms with E-state index in [0.717, 1.165) is 44.0 Å². The van der Waals surface area contributed by atoms with Gasteiger partial charge in [0.15, 0.2) is 0 Å². The number of benzene rings is 1. The summed E-state index contributed by atoms with van der Waals surface area (Å²) in [6.07, 6.45) is 1.72. The Morgan fingerprint density at radius 1 is 1.23 bits per heavy atom. The molecule has 2 N–H and O–H groups in total. The summed E-state index contributed by atoms with van der Waals surface area (Å²) in [4.78, 5) is 11.9. The van der Waals surface area contributed by atoms with Crippen LogP contribution in [0.4, 0.5) is 16.2 Å². The van der Waals surface area contributed by atoms with Crippen molar-refractivity contribution < 1.29 is 14.3 Å². The first-order valence-electron chi connectivity index (χ1n) is 7.85. The highest BCUT2D eigenvalue weighted by atomic mass is 16.6. The van der Waals surface area contributed by atoms with Crippen molar-refractivity contribution in [2.45, 2.75) is 39.2 Å². The largest absolute Gasteiger partial charge is 0.444 e. The van der Waals surface area contributed by atoms with E-state index in [0.29, 0.717) is 5.92 Å². The molecule has 1 saturated heterocycles. The minimum absolute atomic E-state index is 0.437. The van der Waals surface area contributed by atoms with E-state index < -0.39 is 11.7 Å². The van der Waals surface area contributed by atoms with Gasteiger partial charge in [0.05, 0.1) is 11.4 Å². The first-order chi connectivity index (χ1) is 10.4. The Morgan fingerprint density at radius 3 is 2.50 bits per heavy atom. The zero-order valence-corrected chi connectivity index (χ0v) is 13.6. The van der Waals surface area contributed by atoms with Crippen LogP contribution in [0, 0.1) is 5.92 Å². The fourth-order valence-corrected chi connectivity index (χ4v) is 2.36. The number of hydrogen-bond acceptors (Lipinski definition) is 4.